The third-order valence-corrected chi connectivity index (χ3v) is 10.9. The van der Waals surface area contributed by atoms with E-state index in [4.69, 9.17) is 5.73 Å². The van der Waals surface area contributed by atoms with Crippen molar-refractivity contribution in [2.24, 2.45) is 23.3 Å². The minimum absolute atomic E-state index is 0.101. The van der Waals surface area contributed by atoms with E-state index in [9.17, 15) is 36.7 Å². The summed E-state index contributed by atoms with van der Waals surface area (Å²) in [6, 6.07) is 18.0. The molecule has 1 unspecified atom stereocenters. The number of amides is 4. The summed E-state index contributed by atoms with van der Waals surface area (Å²) in [5, 5.41) is 17.5. The minimum atomic E-state index is -5.21. The van der Waals surface area contributed by atoms with Crippen LogP contribution in [0.25, 0.3) is 22.5 Å². The number of hydrogen-bond donors (Lipinski definition) is 7. The van der Waals surface area contributed by atoms with Crippen molar-refractivity contribution in [3.05, 3.63) is 89.2 Å². The summed E-state index contributed by atoms with van der Waals surface area (Å²) in [5.74, 6) is -15.5. The maximum Gasteiger partial charge on any atom is 0.393 e. The second kappa shape index (κ2) is 17.9. The summed E-state index contributed by atoms with van der Waals surface area (Å²) in [4.78, 5) is 54.6. The first-order chi connectivity index (χ1) is 27.7. The smallest absolute Gasteiger partial charge is 0.364 e. The second-order valence-electron chi connectivity index (χ2n) is 15.0. The molecule has 17 heteroatoms. The van der Waals surface area contributed by atoms with Crippen LogP contribution in [0.3, 0.4) is 0 Å². The van der Waals surface area contributed by atoms with Crippen LogP contribution in [0.5, 0.6) is 0 Å². The van der Waals surface area contributed by atoms with Gasteiger partial charge >= 0.3 is 11.8 Å². The molecule has 1 aliphatic carbocycles. The number of primary amides is 1. The molecular formula is C41H47F4N9O4. The SMILES string of the molecule is Cc1cc(C(=O)NC2CCNCC2)ccc1-c1ccc(CC(NC(=O)C2CCC(CN)CC2)C(=O)Nc2ccc(-c3n[nH]c(C(F)(F)C(F)(F)C(N)=O)n3)cc2)cc1. The molecule has 58 heavy (non-hydrogen) atoms. The number of aryl methyl sites for hydroxylation is 1. The van der Waals surface area contributed by atoms with Gasteiger partial charge in [0.2, 0.25) is 17.6 Å². The lowest BCUT2D eigenvalue weighted by molar-refractivity contribution is -0.215. The second-order valence-corrected chi connectivity index (χ2v) is 15.0. The fraction of sp³-hybridized carbons (Fsp3) is 0.415. The lowest BCUT2D eigenvalue weighted by Gasteiger charge is -2.28. The number of hydrogen-bond acceptors (Lipinski definition) is 8. The van der Waals surface area contributed by atoms with E-state index in [1.165, 1.54) is 24.3 Å². The predicted molar refractivity (Wildman–Crippen MR) is 209 cm³/mol. The van der Waals surface area contributed by atoms with Crippen molar-refractivity contribution in [3.63, 3.8) is 0 Å². The zero-order valence-corrected chi connectivity index (χ0v) is 31.9. The lowest BCUT2D eigenvalue weighted by atomic mass is 9.81. The van der Waals surface area contributed by atoms with Crippen LogP contribution >= 0.6 is 0 Å². The zero-order chi connectivity index (χ0) is 41.6. The molecule has 1 saturated heterocycles. The van der Waals surface area contributed by atoms with Crippen LogP contribution in [-0.4, -0.2) is 76.5 Å². The zero-order valence-electron chi connectivity index (χ0n) is 31.9. The van der Waals surface area contributed by atoms with Crippen molar-refractivity contribution in [2.45, 2.75) is 75.8 Å². The summed E-state index contributed by atoms with van der Waals surface area (Å²) in [6.07, 6.45) is 4.89. The molecule has 308 valence electrons. The van der Waals surface area contributed by atoms with Crippen molar-refractivity contribution in [3.8, 4) is 22.5 Å². The van der Waals surface area contributed by atoms with Crippen molar-refractivity contribution in [1.29, 1.82) is 0 Å². The van der Waals surface area contributed by atoms with Gasteiger partial charge in [0.25, 0.3) is 11.8 Å². The van der Waals surface area contributed by atoms with Gasteiger partial charge in [-0.3, -0.25) is 24.3 Å². The van der Waals surface area contributed by atoms with E-state index >= 15 is 0 Å². The standard InChI is InChI=1S/C41H47F4N9O4/c1-23-20-29(36(56)49-31-16-18-48-19-17-31)12-15-32(23)26-6-2-24(3-7-26)21-33(51-35(55)28-8-4-25(22-46)5-9-28)37(57)50-30-13-10-27(11-14-30)34-52-39(54-53-34)41(44,45)40(42,43)38(47)58/h2-3,6-7,10-15,20,25,28,31,33,48H,4-5,8-9,16-19,21-22,46H2,1H3,(H2,47,58)(H,49,56)(H,50,57)(H,51,55)(H,52,53,54). The monoisotopic (exact) mass is 805 g/mol. The molecule has 1 atom stereocenters. The number of piperidine rings is 1. The molecule has 0 spiro atoms. The van der Waals surface area contributed by atoms with E-state index in [0.717, 1.165) is 61.0 Å². The van der Waals surface area contributed by atoms with E-state index in [-0.39, 0.29) is 47.3 Å². The molecule has 1 saturated carbocycles. The number of aromatic amines is 1. The van der Waals surface area contributed by atoms with Gasteiger partial charge in [0.1, 0.15) is 6.04 Å². The molecule has 2 heterocycles. The van der Waals surface area contributed by atoms with E-state index in [1.807, 2.05) is 49.4 Å². The number of benzene rings is 3. The molecule has 0 radical (unpaired) electrons. The summed E-state index contributed by atoms with van der Waals surface area (Å²) in [7, 11) is 0. The van der Waals surface area contributed by atoms with Gasteiger partial charge < -0.3 is 32.7 Å². The third kappa shape index (κ3) is 9.53. The molecule has 4 aromatic rings. The first kappa shape index (κ1) is 41.9. The Bertz CT molecular complexity index is 2100. The van der Waals surface area contributed by atoms with Gasteiger partial charge in [0.05, 0.1) is 0 Å². The molecule has 2 fully saturated rings. The highest BCUT2D eigenvalue weighted by molar-refractivity contribution is 5.98. The van der Waals surface area contributed by atoms with Crippen LogP contribution < -0.4 is 32.7 Å². The Hall–Kier alpha value is -5.68. The van der Waals surface area contributed by atoms with Gasteiger partial charge in [-0.1, -0.05) is 30.3 Å². The number of H-pyrrole nitrogens is 1. The predicted octanol–water partition coefficient (Wildman–Crippen LogP) is 4.57. The van der Waals surface area contributed by atoms with Crippen LogP contribution in [-0.2, 0) is 26.7 Å². The molecule has 13 nitrogen and oxygen atoms in total. The Balaban J connectivity index is 1.15. The topological polar surface area (TPSA) is 210 Å². The van der Waals surface area contributed by atoms with E-state index in [0.29, 0.717) is 30.9 Å². The Kier molecular flexibility index (Phi) is 12.9. The van der Waals surface area contributed by atoms with Gasteiger partial charge in [0.15, 0.2) is 5.82 Å². The number of nitrogens with zero attached hydrogens (tertiary/aromatic N) is 2. The van der Waals surface area contributed by atoms with Crippen LogP contribution in [0.1, 0.15) is 65.8 Å². The first-order valence-electron chi connectivity index (χ1n) is 19.3. The lowest BCUT2D eigenvalue weighted by Crippen LogP contribution is -2.49. The van der Waals surface area contributed by atoms with Crippen molar-refractivity contribution in [2.75, 3.05) is 25.0 Å². The summed E-state index contributed by atoms with van der Waals surface area (Å²) in [5.41, 5.74) is 14.9. The average Bonchev–Trinajstić information content (AvgIpc) is 3.73. The number of aromatic nitrogens is 3. The van der Waals surface area contributed by atoms with Gasteiger partial charge in [-0.05, 0) is 130 Å². The quantitative estimate of drug-likeness (QED) is 0.0896. The summed E-state index contributed by atoms with van der Waals surface area (Å²) < 4.78 is 56.3. The number of rotatable bonds is 14. The average molecular weight is 806 g/mol. The van der Waals surface area contributed by atoms with Crippen LogP contribution in [0.2, 0.25) is 0 Å². The highest BCUT2D eigenvalue weighted by Gasteiger charge is 2.64. The number of nitrogens with one attached hydrogen (secondary N) is 5. The number of alkyl halides is 4. The first-order valence-corrected chi connectivity index (χ1v) is 19.3. The van der Waals surface area contributed by atoms with E-state index in [1.54, 1.807) is 5.10 Å². The van der Waals surface area contributed by atoms with Gasteiger partial charge in [0, 0.05) is 35.2 Å². The highest BCUT2D eigenvalue weighted by atomic mass is 19.3. The number of halogens is 4. The van der Waals surface area contributed by atoms with Gasteiger partial charge in [-0.2, -0.15) is 22.7 Å². The summed E-state index contributed by atoms with van der Waals surface area (Å²) >= 11 is 0. The Morgan fingerprint density at radius 3 is 2.16 bits per heavy atom. The van der Waals surface area contributed by atoms with Crippen molar-refractivity contribution < 1.29 is 36.7 Å². The number of anilines is 1. The molecule has 4 amide bonds. The largest absolute Gasteiger partial charge is 0.393 e. The Labute approximate surface area is 332 Å². The third-order valence-electron chi connectivity index (χ3n) is 10.9. The fourth-order valence-electron chi connectivity index (χ4n) is 7.35. The Morgan fingerprint density at radius 2 is 1.53 bits per heavy atom. The maximum absolute atomic E-state index is 14.3. The molecule has 6 rings (SSSR count). The molecular weight excluding hydrogens is 759 g/mol. The molecule has 1 aliphatic heterocycles. The van der Waals surface area contributed by atoms with Gasteiger partial charge in [-0.15, -0.1) is 0 Å². The number of nitrogens with two attached hydrogens (primary N) is 2. The number of carbonyl (C=O) groups is 4. The molecule has 9 N–H and O–H groups in total. The van der Waals surface area contributed by atoms with E-state index < -0.39 is 35.5 Å². The molecule has 1 aromatic heterocycles. The van der Waals surface area contributed by atoms with E-state index in [2.05, 4.69) is 37.1 Å². The van der Waals surface area contributed by atoms with Crippen molar-refractivity contribution >= 4 is 29.3 Å². The van der Waals surface area contributed by atoms with Crippen LogP contribution in [0.15, 0.2) is 66.7 Å². The van der Waals surface area contributed by atoms with Crippen molar-refractivity contribution in [1.82, 2.24) is 31.1 Å². The highest BCUT2D eigenvalue weighted by Crippen LogP contribution is 2.41. The maximum atomic E-state index is 14.3. The van der Waals surface area contributed by atoms with Crippen LogP contribution in [0.4, 0.5) is 23.2 Å². The summed E-state index contributed by atoms with van der Waals surface area (Å²) in [6.45, 7) is 4.26. The molecule has 3 aromatic carbocycles. The molecule has 2 aliphatic rings. The molecule has 0 bridgehead atoms. The minimum Gasteiger partial charge on any atom is -0.364 e. The fourth-order valence-corrected chi connectivity index (χ4v) is 7.35. The van der Waals surface area contributed by atoms with Gasteiger partial charge in [-0.25, -0.2) is 4.98 Å². The Morgan fingerprint density at radius 1 is 0.879 bits per heavy atom. The number of carbonyl (C=O) groups excluding carboxylic acids is 4. The normalized spacial score (nSPS) is 18.2. The van der Waals surface area contributed by atoms with Crippen LogP contribution in [0, 0.1) is 18.8 Å².